The number of rotatable bonds is 4. The zero-order chi connectivity index (χ0) is 26.5. The third-order valence-corrected chi connectivity index (χ3v) is 10.4. The van der Waals surface area contributed by atoms with Crippen molar-refractivity contribution in [2.24, 2.45) is 34.3 Å². The molecular formula is C25H41Ac2NO9. The SMILES string of the molecule is CC1=C2C(O)C(=O)[C@]3(C)C(O)CC4OCC4(O)C3C(C)C(O)(CC1C(OO)C(O)C(C)N)C2(C)C.[Ac].[Ac]. The van der Waals surface area contributed by atoms with Crippen LogP contribution < -0.4 is 5.73 Å². The molecule has 37 heavy (non-hydrogen) atoms. The van der Waals surface area contributed by atoms with E-state index >= 15 is 0 Å². The number of ketones is 1. The van der Waals surface area contributed by atoms with Gasteiger partial charge in [-0.25, -0.2) is 4.89 Å². The Labute approximate surface area is 289 Å². The van der Waals surface area contributed by atoms with Gasteiger partial charge in [0.15, 0.2) is 5.78 Å². The summed E-state index contributed by atoms with van der Waals surface area (Å²) in [5, 5.41) is 67.4. The first-order valence-electron chi connectivity index (χ1n) is 12.4. The smallest absolute Gasteiger partial charge is 0.174 e. The van der Waals surface area contributed by atoms with E-state index in [1.54, 1.807) is 41.5 Å². The minimum Gasteiger partial charge on any atom is -0.392 e. The van der Waals surface area contributed by atoms with Crippen molar-refractivity contribution >= 4 is 5.78 Å². The van der Waals surface area contributed by atoms with Gasteiger partial charge in [-0.05, 0) is 38.7 Å². The van der Waals surface area contributed by atoms with E-state index in [1.807, 2.05) is 0 Å². The van der Waals surface area contributed by atoms with Crippen molar-refractivity contribution in [1.29, 1.82) is 0 Å². The Morgan fingerprint density at radius 2 is 1.73 bits per heavy atom. The van der Waals surface area contributed by atoms with Gasteiger partial charge >= 0.3 is 0 Å². The summed E-state index contributed by atoms with van der Waals surface area (Å²) < 4.78 is 5.55. The summed E-state index contributed by atoms with van der Waals surface area (Å²) in [4.78, 5) is 18.7. The van der Waals surface area contributed by atoms with Crippen LogP contribution >= 0.6 is 0 Å². The second-order valence-corrected chi connectivity index (χ2v) is 12.2. The third-order valence-electron chi connectivity index (χ3n) is 10.4. The molecule has 8 N–H and O–H groups in total. The molecule has 2 radical (unpaired) electrons. The summed E-state index contributed by atoms with van der Waals surface area (Å²) in [5.41, 5.74) is 0.846. The molecule has 1 saturated heterocycles. The molecule has 3 fully saturated rings. The molecule has 12 atom stereocenters. The number of aliphatic hydroxyl groups is 5. The van der Waals surface area contributed by atoms with Crippen LogP contribution in [0.3, 0.4) is 0 Å². The zero-order valence-electron chi connectivity index (χ0n) is 22.5. The summed E-state index contributed by atoms with van der Waals surface area (Å²) in [6.45, 7) is 9.98. The Morgan fingerprint density at radius 3 is 2.19 bits per heavy atom. The largest absolute Gasteiger partial charge is 0.392 e. The molecule has 11 unspecified atom stereocenters. The van der Waals surface area contributed by atoms with Crippen LogP contribution in [0.25, 0.3) is 0 Å². The molecule has 0 aromatic heterocycles. The maximum atomic E-state index is 14.0. The van der Waals surface area contributed by atoms with Crippen LogP contribution in [0, 0.1) is 117 Å². The van der Waals surface area contributed by atoms with Gasteiger partial charge in [-0.3, -0.25) is 10.1 Å². The Bertz CT molecular complexity index is 932. The van der Waals surface area contributed by atoms with Crippen molar-refractivity contribution in [2.75, 3.05) is 6.61 Å². The second-order valence-electron chi connectivity index (χ2n) is 12.2. The van der Waals surface area contributed by atoms with Crippen LogP contribution in [-0.4, -0.2) is 90.9 Å². The summed E-state index contributed by atoms with van der Waals surface area (Å²) in [5.74, 6) is -3.13. The maximum absolute atomic E-state index is 14.0. The number of aliphatic hydroxyl groups excluding tert-OH is 3. The molecule has 2 saturated carbocycles. The van der Waals surface area contributed by atoms with Crippen molar-refractivity contribution in [3.8, 4) is 0 Å². The van der Waals surface area contributed by atoms with E-state index in [9.17, 15) is 35.6 Å². The molecule has 1 heterocycles. The minimum atomic E-state index is -1.69. The molecule has 2 bridgehead atoms. The van der Waals surface area contributed by atoms with E-state index in [0.29, 0.717) is 5.57 Å². The Kier molecular flexibility index (Phi) is 11.0. The number of hydrogen-bond donors (Lipinski definition) is 7. The molecule has 3 aliphatic carbocycles. The van der Waals surface area contributed by atoms with Crippen LogP contribution in [0.5, 0.6) is 0 Å². The summed E-state index contributed by atoms with van der Waals surface area (Å²) in [6, 6.07) is -0.770. The van der Waals surface area contributed by atoms with Crippen molar-refractivity contribution in [3.63, 3.8) is 0 Å². The first-order valence-corrected chi connectivity index (χ1v) is 12.4. The third kappa shape index (κ3) is 4.71. The van der Waals surface area contributed by atoms with Gasteiger partial charge in [0.1, 0.15) is 17.8 Å². The summed E-state index contributed by atoms with van der Waals surface area (Å²) >= 11 is 0. The number of Topliss-reactive ketones (excluding diaryl/α,β-unsaturated/α-hetero) is 1. The zero-order valence-corrected chi connectivity index (χ0v) is 31.9. The normalized spacial score (nSPS) is 47.0. The van der Waals surface area contributed by atoms with Crippen molar-refractivity contribution in [2.45, 2.75) is 102 Å². The molecule has 0 aromatic carbocycles. The van der Waals surface area contributed by atoms with Gasteiger partial charge < -0.3 is 36.0 Å². The van der Waals surface area contributed by atoms with E-state index in [0.717, 1.165) is 0 Å². The predicted octanol–water partition coefficient (Wildman–Crippen LogP) is -0.257. The fourth-order valence-corrected chi connectivity index (χ4v) is 8.10. The van der Waals surface area contributed by atoms with Crippen LogP contribution in [-0.2, 0) is 14.4 Å². The molecule has 0 amide bonds. The second kappa shape index (κ2) is 11.5. The molecule has 4 aliphatic rings. The number of carbonyl (C=O) groups excluding carboxylic acids is 1. The van der Waals surface area contributed by atoms with Crippen molar-refractivity contribution < 1.29 is 133 Å². The number of fused-ring (bicyclic) bond motifs is 5. The molecular weight excluding hydrogens is 912 g/mol. The molecule has 0 aromatic rings. The van der Waals surface area contributed by atoms with Crippen LogP contribution in [0.4, 0.5) is 0 Å². The number of hydrogen-bond acceptors (Lipinski definition) is 10. The fraction of sp³-hybridized carbons (Fsp3) is 0.880. The van der Waals surface area contributed by atoms with Gasteiger partial charge in [-0.1, -0.05) is 26.3 Å². The van der Waals surface area contributed by atoms with Gasteiger partial charge in [0.05, 0.1) is 35.9 Å². The summed E-state index contributed by atoms with van der Waals surface area (Å²) in [6.07, 6.45) is -6.07. The van der Waals surface area contributed by atoms with Crippen LogP contribution in [0.2, 0.25) is 0 Å². The quantitative estimate of drug-likeness (QED) is 0.113. The van der Waals surface area contributed by atoms with E-state index in [4.69, 9.17) is 15.4 Å². The predicted molar refractivity (Wildman–Crippen MR) is 124 cm³/mol. The molecule has 10 nitrogen and oxygen atoms in total. The molecule has 206 valence electrons. The topological polar surface area (TPSA) is 183 Å². The van der Waals surface area contributed by atoms with Gasteiger partial charge in [0.2, 0.25) is 0 Å². The Balaban J connectivity index is 0.00000241. The fourth-order valence-electron chi connectivity index (χ4n) is 8.10. The van der Waals surface area contributed by atoms with Crippen molar-refractivity contribution in [1.82, 2.24) is 0 Å². The standard InChI is InChI=1S/C25H41NO9.2Ac/c1-10-13(19(35-33)17(28)12(3)26)8-25(32)11(2)20-23(6,14(27)7-15-24(20,31)9-34-15)21(30)18(29)16(10)22(25,4)5;;/h11-15,17-20,27-29,31-33H,7-9,26H2,1-6H3;;/t11?,12?,13?,14?,15?,17?,18?,19?,20?,23-,24?,25?;;/m1../s1. The van der Waals surface area contributed by atoms with Crippen molar-refractivity contribution in [3.05, 3.63) is 11.1 Å². The molecule has 0 spiro atoms. The first-order chi connectivity index (χ1) is 16.0. The van der Waals surface area contributed by atoms with Gasteiger partial charge in [-0.2, -0.15) is 0 Å². The number of nitrogens with two attached hydrogens (primary N) is 1. The van der Waals surface area contributed by atoms with Gasteiger partial charge in [-0.15, -0.1) is 0 Å². The average Bonchev–Trinajstić information content (AvgIpc) is 2.77. The van der Waals surface area contributed by atoms with Gasteiger partial charge in [0.25, 0.3) is 0 Å². The van der Waals surface area contributed by atoms with E-state index in [1.165, 1.54) is 0 Å². The molecule has 4 rings (SSSR count). The van der Waals surface area contributed by atoms with Crippen LogP contribution in [0.1, 0.15) is 54.4 Å². The monoisotopic (exact) mass is 953 g/mol. The molecule has 1 aliphatic heterocycles. The van der Waals surface area contributed by atoms with E-state index in [2.05, 4.69) is 0 Å². The average molecular weight is 954 g/mol. The number of ether oxygens (including phenoxy) is 1. The van der Waals surface area contributed by atoms with E-state index in [-0.39, 0.29) is 113 Å². The Hall–Kier alpha value is 1.93. The number of carbonyl (C=O) groups is 1. The maximum Gasteiger partial charge on any atom is 0.174 e. The van der Waals surface area contributed by atoms with Crippen LogP contribution in [0.15, 0.2) is 11.1 Å². The van der Waals surface area contributed by atoms with E-state index < -0.39 is 82.1 Å². The first kappa shape index (κ1) is 35.1. The summed E-state index contributed by atoms with van der Waals surface area (Å²) in [7, 11) is 0. The Morgan fingerprint density at radius 1 is 1.16 bits per heavy atom. The molecule has 12 heteroatoms. The van der Waals surface area contributed by atoms with Gasteiger partial charge in [0, 0.05) is 118 Å². The minimum absolute atomic E-state index is 0.